The van der Waals surface area contributed by atoms with E-state index in [0.29, 0.717) is 12.8 Å². The second-order valence-corrected chi connectivity index (χ2v) is 17.7. The number of rotatable bonds is 45. The molecule has 0 bridgehead atoms. The average Bonchev–Trinajstić information content (AvgIpc) is 3.20. The molecule has 0 aromatic carbocycles. The predicted molar refractivity (Wildman–Crippen MR) is 236 cm³/mol. The molecule has 0 radical (unpaired) electrons. The van der Waals surface area contributed by atoms with Gasteiger partial charge >= 0.3 is 25.7 Å². The summed E-state index contributed by atoms with van der Waals surface area (Å²) in [4.78, 5) is 46.0. The molecular formula is C46H88NO10P. The van der Waals surface area contributed by atoms with E-state index in [1.807, 2.05) is 0 Å². The van der Waals surface area contributed by atoms with Crippen molar-refractivity contribution in [2.45, 2.75) is 244 Å². The maximum absolute atomic E-state index is 12.7. The quantitative estimate of drug-likeness (QED) is 0.0230. The van der Waals surface area contributed by atoms with Crippen molar-refractivity contribution >= 4 is 25.7 Å². The SMILES string of the molecule is CCCCCCCC/C=C/CCCCCCCC(=O)OC[C@H](COP(=O)(O)OC[C@H](N)C(=O)O)OC(=O)CCCCCCCCCCCCCCCCCCCCC. The first-order chi connectivity index (χ1) is 28.1. The zero-order valence-corrected chi connectivity index (χ0v) is 38.1. The number of hydrogen-bond acceptors (Lipinski definition) is 9. The molecule has 0 fully saturated rings. The van der Waals surface area contributed by atoms with Crippen LogP contribution in [0.2, 0.25) is 0 Å². The number of esters is 2. The molecule has 0 aromatic rings. The Morgan fingerprint density at radius 3 is 1.26 bits per heavy atom. The summed E-state index contributed by atoms with van der Waals surface area (Å²) in [6.45, 7) is 2.83. The van der Waals surface area contributed by atoms with Crippen molar-refractivity contribution in [2.24, 2.45) is 5.73 Å². The third-order valence-corrected chi connectivity index (χ3v) is 11.5. The number of allylic oxidation sites excluding steroid dienone is 2. The van der Waals surface area contributed by atoms with Crippen LogP contribution in [0, 0.1) is 0 Å². The number of nitrogens with two attached hydrogens (primary N) is 1. The third kappa shape index (κ3) is 41.0. The fourth-order valence-electron chi connectivity index (χ4n) is 6.77. The van der Waals surface area contributed by atoms with Crippen molar-refractivity contribution in [3.05, 3.63) is 12.2 Å². The largest absolute Gasteiger partial charge is 0.480 e. The smallest absolute Gasteiger partial charge is 0.472 e. The van der Waals surface area contributed by atoms with E-state index in [9.17, 15) is 23.8 Å². The number of unbranched alkanes of at least 4 members (excludes halogenated alkanes) is 29. The lowest BCUT2D eigenvalue weighted by Gasteiger charge is -2.20. The molecule has 0 aliphatic rings. The van der Waals surface area contributed by atoms with E-state index in [4.69, 9.17) is 24.8 Å². The van der Waals surface area contributed by atoms with Crippen molar-refractivity contribution in [3.63, 3.8) is 0 Å². The first kappa shape index (κ1) is 56.2. The summed E-state index contributed by atoms with van der Waals surface area (Å²) in [5, 5.41) is 8.90. The number of hydrogen-bond donors (Lipinski definition) is 3. The lowest BCUT2D eigenvalue weighted by Crippen LogP contribution is -2.34. The molecule has 58 heavy (non-hydrogen) atoms. The van der Waals surface area contributed by atoms with Crippen molar-refractivity contribution in [1.82, 2.24) is 0 Å². The fourth-order valence-corrected chi connectivity index (χ4v) is 7.55. The second kappa shape index (κ2) is 41.9. The molecule has 0 saturated carbocycles. The van der Waals surface area contributed by atoms with E-state index < -0.39 is 51.1 Å². The number of phosphoric ester groups is 1. The number of ether oxygens (including phenoxy) is 2. The van der Waals surface area contributed by atoms with Crippen LogP contribution in [0.3, 0.4) is 0 Å². The average molecular weight is 846 g/mol. The molecular weight excluding hydrogens is 757 g/mol. The van der Waals surface area contributed by atoms with Gasteiger partial charge in [0.1, 0.15) is 12.6 Å². The van der Waals surface area contributed by atoms with E-state index >= 15 is 0 Å². The predicted octanol–water partition coefficient (Wildman–Crippen LogP) is 12.8. The summed E-state index contributed by atoms with van der Waals surface area (Å²) in [6.07, 6.45) is 42.7. The van der Waals surface area contributed by atoms with Crippen LogP contribution in [0.1, 0.15) is 232 Å². The molecule has 0 rings (SSSR count). The molecule has 1 unspecified atom stereocenters. The highest BCUT2D eigenvalue weighted by molar-refractivity contribution is 7.47. The highest BCUT2D eigenvalue weighted by Gasteiger charge is 2.28. The molecule has 0 aliphatic heterocycles. The van der Waals surface area contributed by atoms with Crippen molar-refractivity contribution in [3.8, 4) is 0 Å². The first-order valence-electron chi connectivity index (χ1n) is 23.7. The Labute approximate surface area is 354 Å². The van der Waals surface area contributed by atoms with Gasteiger partial charge in [-0.1, -0.05) is 193 Å². The van der Waals surface area contributed by atoms with Crippen LogP contribution in [-0.2, 0) is 37.5 Å². The molecule has 0 amide bonds. The van der Waals surface area contributed by atoms with Crippen LogP contribution in [0.25, 0.3) is 0 Å². The van der Waals surface area contributed by atoms with Crippen LogP contribution >= 0.6 is 7.82 Å². The third-order valence-electron chi connectivity index (χ3n) is 10.5. The van der Waals surface area contributed by atoms with Gasteiger partial charge in [0.25, 0.3) is 0 Å². The van der Waals surface area contributed by atoms with Gasteiger partial charge in [0, 0.05) is 12.8 Å². The fraction of sp³-hybridized carbons (Fsp3) is 0.891. The molecule has 0 heterocycles. The Morgan fingerprint density at radius 2 is 0.862 bits per heavy atom. The van der Waals surface area contributed by atoms with Crippen LogP contribution < -0.4 is 5.73 Å². The normalized spacial score (nSPS) is 13.7. The standard InChI is InChI=1S/C46H88NO10P/c1-3-5-7-9-11-13-15-17-19-20-21-22-24-26-28-30-32-34-36-38-45(49)57-42(40-55-58(52,53)56-41-43(47)46(50)51)39-54-44(48)37-35-33-31-29-27-25-23-18-16-14-12-10-8-6-4-2/h18,23,42-43H,3-17,19-22,24-41,47H2,1-2H3,(H,50,51)(H,52,53)/b23-18+/t42-,43+/m1/s1. The molecule has 0 saturated heterocycles. The second-order valence-electron chi connectivity index (χ2n) is 16.2. The minimum Gasteiger partial charge on any atom is -0.480 e. The molecule has 3 atom stereocenters. The summed E-state index contributed by atoms with van der Waals surface area (Å²) in [5.74, 6) is -2.37. The lowest BCUT2D eigenvalue weighted by molar-refractivity contribution is -0.161. The maximum Gasteiger partial charge on any atom is 0.472 e. The number of aliphatic carboxylic acids is 1. The molecule has 12 heteroatoms. The van der Waals surface area contributed by atoms with E-state index in [0.717, 1.165) is 57.8 Å². The molecule has 0 aromatic heterocycles. The summed E-state index contributed by atoms with van der Waals surface area (Å²) in [6, 6.07) is -1.52. The van der Waals surface area contributed by atoms with Crippen molar-refractivity contribution in [2.75, 3.05) is 19.8 Å². The summed E-state index contributed by atoms with van der Waals surface area (Å²) in [5.41, 5.74) is 5.34. The van der Waals surface area contributed by atoms with Crippen LogP contribution in [-0.4, -0.2) is 59.9 Å². The van der Waals surface area contributed by atoms with Gasteiger partial charge in [-0.2, -0.15) is 0 Å². The highest BCUT2D eigenvalue weighted by Crippen LogP contribution is 2.43. The topological polar surface area (TPSA) is 172 Å². The van der Waals surface area contributed by atoms with Gasteiger partial charge in [-0.05, 0) is 38.5 Å². The number of carboxylic acid groups (broad SMARTS) is 1. The highest BCUT2D eigenvalue weighted by atomic mass is 31.2. The number of carbonyl (C=O) groups is 3. The van der Waals surface area contributed by atoms with Gasteiger partial charge in [0.2, 0.25) is 0 Å². The molecule has 0 spiro atoms. The van der Waals surface area contributed by atoms with Crippen LogP contribution in [0.5, 0.6) is 0 Å². The monoisotopic (exact) mass is 846 g/mol. The maximum atomic E-state index is 12.7. The number of phosphoric acid groups is 1. The van der Waals surface area contributed by atoms with Gasteiger partial charge < -0.3 is 25.2 Å². The van der Waals surface area contributed by atoms with Gasteiger partial charge in [-0.3, -0.25) is 23.4 Å². The summed E-state index contributed by atoms with van der Waals surface area (Å²) in [7, 11) is -4.71. The summed E-state index contributed by atoms with van der Waals surface area (Å²) < 4.78 is 32.8. The molecule has 11 nitrogen and oxygen atoms in total. The molecule has 0 aliphatic carbocycles. The Hall–Kier alpha value is -1.78. The van der Waals surface area contributed by atoms with E-state index in [1.165, 1.54) is 135 Å². The van der Waals surface area contributed by atoms with Gasteiger partial charge in [-0.25, -0.2) is 4.57 Å². The van der Waals surface area contributed by atoms with E-state index in [-0.39, 0.29) is 19.4 Å². The molecule has 4 N–H and O–H groups in total. The Kier molecular flexibility index (Phi) is 40.6. The van der Waals surface area contributed by atoms with E-state index in [2.05, 4.69) is 30.5 Å². The minimum atomic E-state index is -4.71. The Bertz CT molecular complexity index is 1040. The zero-order valence-electron chi connectivity index (χ0n) is 37.2. The van der Waals surface area contributed by atoms with Gasteiger partial charge in [0.15, 0.2) is 6.10 Å². The van der Waals surface area contributed by atoms with Gasteiger partial charge in [-0.15, -0.1) is 0 Å². The first-order valence-corrected chi connectivity index (χ1v) is 25.2. The van der Waals surface area contributed by atoms with Crippen molar-refractivity contribution < 1.29 is 47.5 Å². The van der Waals surface area contributed by atoms with Crippen LogP contribution in [0.4, 0.5) is 0 Å². The van der Waals surface area contributed by atoms with E-state index in [1.54, 1.807) is 0 Å². The minimum absolute atomic E-state index is 0.166. The summed E-state index contributed by atoms with van der Waals surface area (Å²) >= 11 is 0. The van der Waals surface area contributed by atoms with Crippen molar-refractivity contribution in [1.29, 1.82) is 0 Å². The zero-order chi connectivity index (χ0) is 42.8. The molecule has 342 valence electrons. The van der Waals surface area contributed by atoms with Gasteiger partial charge in [0.05, 0.1) is 13.2 Å². The Balaban J connectivity index is 4.27. The lowest BCUT2D eigenvalue weighted by atomic mass is 10.0. The number of carboxylic acids is 1. The number of carbonyl (C=O) groups excluding carboxylic acids is 2. The van der Waals surface area contributed by atoms with Crippen LogP contribution in [0.15, 0.2) is 12.2 Å². The Morgan fingerprint density at radius 1 is 0.517 bits per heavy atom.